The normalized spacial score (nSPS) is 12.5. The van der Waals surface area contributed by atoms with Crippen molar-refractivity contribution in [2.45, 2.75) is 26.3 Å². The van der Waals surface area contributed by atoms with Crippen molar-refractivity contribution in [2.24, 2.45) is 0 Å². The second-order valence-electron chi connectivity index (χ2n) is 4.72. The maximum atomic E-state index is 4.34. The molecule has 1 aliphatic carbocycles. The lowest BCUT2D eigenvalue weighted by molar-refractivity contribution is 1.04. The van der Waals surface area contributed by atoms with Gasteiger partial charge in [-0.1, -0.05) is 37.3 Å². The van der Waals surface area contributed by atoms with Crippen LogP contribution in [0.15, 0.2) is 36.7 Å². The Balaban J connectivity index is 1.71. The molecule has 0 spiro atoms. The van der Waals surface area contributed by atoms with Gasteiger partial charge in [0.15, 0.2) is 0 Å². The highest BCUT2D eigenvalue weighted by molar-refractivity contribution is 5.63. The molecule has 0 atom stereocenters. The molecule has 1 N–H and O–H groups in total. The Morgan fingerprint density at radius 3 is 2.68 bits per heavy atom. The van der Waals surface area contributed by atoms with Crippen molar-refractivity contribution in [2.75, 3.05) is 5.32 Å². The summed E-state index contributed by atoms with van der Waals surface area (Å²) >= 11 is 0. The zero-order valence-corrected chi connectivity index (χ0v) is 11.1. The largest absolute Gasteiger partial charge is 0.366 e. The summed E-state index contributed by atoms with van der Waals surface area (Å²) in [5, 5.41) is 3.41. The molecule has 1 aromatic carbocycles. The fraction of sp³-hybridized carbons (Fsp3) is 0.250. The molecule has 1 heterocycles. The third kappa shape index (κ3) is 2.50. The minimum Gasteiger partial charge on any atom is -0.366 e. The minimum absolute atomic E-state index is 0.799. The van der Waals surface area contributed by atoms with Crippen LogP contribution in [0.1, 0.15) is 29.3 Å². The van der Waals surface area contributed by atoms with Gasteiger partial charge in [0.05, 0.1) is 5.69 Å². The van der Waals surface area contributed by atoms with Crippen LogP contribution in [0.5, 0.6) is 0 Å². The fourth-order valence-electron chi connectivity index (χ4n) is 2.29. The van der Waals surface area contributed by atoms with E-state index in [1.807, 2.05) is 0 Å². The second kappa shape index (κ2) is 5.22. The van der Waals surface area contributed by atoms with E-state index in [4.69, 9.17) is 0 Å². The van der Waals surface area contributed by atoms with Gasteiger partial charge in [-0.05, 0) is 30.0 Å². The molecule has 0 fully saturated rings. The number of aromatic nitrogens is 2. The van der Waals surface area contributed by atoms with Crippen molar-refractivity contribution < 1.29 is 0 Å². The summed E-state index contributed by atoms with van der Waals surface area (Å²) in [4.78, 5) is 8.60. The molecule has 0 radical (unpaired) electrons. The van der Waals surface area contributed by atoms with Crippen LogP contribution in [0.4, 0.5) is 5.82 Å². The van der Waals surface area contributed by atoms with E-state index in [-0.39, 0.29) is 0 Å². The van der Waals surface area contributed by atoms with Crippen molar-refractivity contribution in [3.05, 3.63) is 59.1 Å². The van der Waals surface area contributed by atoms with Crippen LogP contribution in [-0.2, 0) is 19.4 Å². The van der Waals surface area contributed by atoms with Gasteiger partial charge < -0.3 is 5.32 Å². The highest BCUT2D eigenvalue weighted by Crippen LogP contribution is 2.23. The molecule has 0 bridgehead atoms. The number of benzene rings is 1. The maximum absolute atomic E-state index is 4.34. The lowest BCUT2D eigenvalue weighted by Gasteiger charge is -2.10. The molecule has 0 aliphatic heterocycles. The number of nitrogens with one attached hydrogen (secondary N) is 1. The number of allylic oxidation sites excluding steroid dienone is 1. The van der Waals surface area contributed by atoms with Crippen LogP contribution < -0.4 is 5.32 Å². The number of aryl methyl sites for hydroxylation is 1. The fourth-order valence-corrected chi connectivity index (χ4v) is 2.29. The maximum Gasteiger partial charge on any atom is 0.133 e. The summed E-state index contributed by atoms with van der Waals surface area (Å²) in [5.74, 6) is 0.953. The average Bonchev–Trinajstić information content (AvgIpc) is 2.94. The highest BCUT2D eigenvalue weighted by Gasteiger charge is 2.11. The van der Waals surface area contributed by atoms with Gasteiger partial charge in [0.25, 0.3) is 0 Å². The van der Waals surface area contributed by atoms with Crippen molar-refractivity contribution in [3.8, 4) is 0 Å². The Labute approximate surface area is 113 Å². The Bertz CT molecular complexity index is 600. The molecule has 1 aromatic heterocycles. The van der Waals surface area contributed by atoms with Gasteiger partial charge in [-0.2, -0.15) is 0 Å². The van der Waals surface area contributed by atoms with E-state index in [9.17, 15) is 0 Å². The monoisotopic (exact) mass is 251 g/mol. The number of nitrogens with zero attached hydrogens (tertiary/aromatic N) is 2. The van der Waals surface area contributed by atoms with Crippen LogP contribution in [0, 0.1) is 0 Å². The molecular weight excluding hydrogens is 234 g/mol. The van der Waals surface area contributed by atoms with Gasteiger partial charge in [-0.15, -0.1) is 0 Å². The molecule has 0 unspecified atom stereocenters. The highest BCUT2D eigenvalue weighted by atomic mass is 15.0. The zero-order chi connectivity index (χ0) is 13.1. The van der Waals surface area contributed by atoms with Crippen molar-refractivity contribution in [1.82, 2.24) is 9.97 Å². The minimum atomic E-state index is 0.799. The third-order valence-corrected chi connectivity index (χ3v) is 3.47. The van der Waals surface area contributed by atoms with Gasteiger partial charge >= 0.3 is 0 Å². The first-order valence-electron chi connectivity index (χ1n) is 6.69. The van der Waals surface area contributed by atoms with Gasteiger partial charge in [-0.3, -0.25) is 0 Å². The summed E-state index contributed by atoms with van der Waals surface area (Å²) in [6, 6.07) is 8.71. The predicted molar refractivity (Wildman–Crippen MR) is 77.9 cm³/mol. The van der Waals surface area contributed by atoms with Gasteiger partial charge in [0.1, 0.15) is 12.1 Å². The molecule has 3 nitrogen and oxygen atoms in total. The number of fused-ring (bicyclic) bond motifs is 1. The van der Waals surface area contributed by atoms with Crippen molar-refractivity contribution >= 4 is 11.9 Å². The number of hydrogen-bond acceptors (Lipinski definition) is 3. The molecule has 1 aliphatic rings. The molecule has 96 valence electrons. The van der Waals surface area contributed by atoms with Crippen molar-refractivity contribution in [3.63, 3.8) is 0 Å². The van der Waals surface area contributed by atoms with E-state index in [1.165, 1.54) is 16.7 Å². The first kappa shape index (κ1) is 11.9. The number of anilines is 1. The Morgan fingerprint density at radius 1 is 1.11 bits per heavy atom. The zero-order valence-electron chi connectivity index (χ0n) is 11.1. The van der Waals surface area contributed by atoms with E-state index >= 15 is 0 Å². The van der Waals surface area contributed by atoms with E-state index < -0.39 is 0 Å². The molecule has 0 amide bonds. The SMILES string of the molecule is CCc1ccc(CNc2ncnc3c2CC=C3)cc1. The summed E-state index contributed by atoms with van der Waals surface area (Å²) in [6.45, 7) is 2.97. The van der Waals surface area contributed by atoms with E-state index in [0.717, 1.165) is 30.9 Å². The topological polar surface area (TPSA) is 37.8 Å². The average molecular weight is 251 g/mol. The lowest BCUT2D eigenvalue weighted by atomic mass is 10.1. The van der Waals surface area contributed by atoms with Crippen LogP contribution in [-0.4, -0.2) is 9.97 Å². The van der Waals surface area contributed by atoms with Gasteiger partial charge in [0, 0.05) is 12.1 Å². The molecule has 0 saturated heterocycles. The Hall–Kier alpha value is -2.16. The first-order valence-corrected chi connectivity index (χ1v) is 6.69. The first-order chi connectivity index (χ1) is 9.36. The molecule has 0 saturated carbocycles. The van der Waals surface area contributed by atoms with Gasteiger partial charge in [-0.25, -0.2) is 9.97 Å². The summed E-state index contributed by atoms with van der Waals surface area (Å²) in [5.41, 5.74) is 4.89. The molecule has 3 rings (SSSR count). The van der Waals surface area contributed by atoms with E-state index in [1.54, 1.807) is 6.33 Å². The Morgan fingerprint density at radius 2 is 1.89 bits per heavy atom. The standard InChI is InChI=1S/C16H17N3/c1-2-12-6-8-13(9-7-12)10-17-16-14-4-3-5-15(14)18-11-19-16/h3,5-9,11H,2,4,10H2,1H3,(H,17,18,19). The van der Waals surface area contributed by atoms with E-state index in [2.05, 4.69) is 58.6 Å². The van der Waals surface area contributed by atoms with E-state index in [0.29, 0.717) is 0 Å². The van der Waals surface area contributed by atoms with Gasteiger partial charge in [0.2, 0.25) is 0 Å². The molecule has 3 heteroatoms. The second-order valence-corrected chi connectivity index (χ2v) is 4.72. The number of rotatable bonds is 4. The Kier molecular flexibility index (Phi) is 3.27. The van der Waals surface area contributed by atoms with Crippen LogP contribution in [0.3, 0.4) is 0 Å². The third-order valence-electron chi connectivity index (χ3n) is 3.47. The molecular formula is C16H17N3. The predicted octanol–water partition coefficient (Wildman–Crippen LogP) is 3.22. The van der Waals surface area contributed by atoms with Crippen LogP contribution >= 0.6 is 0 Å². The molecule has 19 heavy (non-hydrogen) atoms. The summed E-state index contributed by atoms with van der Waals surface area (Å²) < 4.78 is 0. The smallest absolute Gasteiger partial charge is 0.133 e. The lowest BCUT2D eigenvalue weighted by Crippen LogP contribution is -2.05. The summed E-state index contributed by atoms with van der Waals surface area (Å²) in [7, 11) is 0. The van der Waals surface area contributed by atoms with Crippen molar-refractivity contribution in [1.29, 1.82) is 0 Å². The van der Waals surface area contributed by atoms with Crippen LogP contribution in [0.25, 0.3) is 6.08 Å². The molecule has 2 aromatic rings. The summed E-state index contributed by atoms with van der Waals surface area (Å²) in [6.07, 6.45) is 7.81. The number of hydrogen-bond donors (Lipinski definition) is 1. The quantitative estimate of drug-likeness (QED) is 0.906. The van der Waals surface area contributed by atoms with Crippen LogP contribution in [0.2, 0.25) is 0 Å².